The molecule has 0 radical (unpaired) electrons. The van der Waals surface area contributed by atoms with Crippen molar-refractivity contribution in [3.8, 4) is 0 Å². The predicted octanol–water partition coefficient (Wildman–Crippen LogP) is 3.47. The van der Waals surface area contributed by atoms with Crippen molar-refractivity contribution in [3.63, 3.8) is 0 Å². The fourth-order valence-corrected chi connectivity index (χ4v) is 4.27. The number of benzene rings is 3. The summed E-state index contributed by atoms with van der Waals surface area (Å²) in [5.74, 6) is -3.28. The minimum absolute atomic E-state index is 0. The third-order valence-electron chi connectivity index (χ3n) is 8.10. The number of carbonyl (C=O) groups is 3. The van der Waals surface area contributed by atoms with E-state index < -0.39 is 17.9 Å². The van der Waals surface area contributed by atoms with Gasteiger partial charge in [0, 0.05) is 16.7 Å². The second-order valence-corrected chi connectivity index (χ2v) is 10.2. The molecule has 0 aromatic heterocycles. The number of aryl methyl sites for hydroxylation is 3. The van der Waals surface area contributed by atoms with E-state index in [1.807, 2.05) is 83.1 Å². The largest absolute Gasteiger partial charge is 3.00 e. The van der Waals surface area contributed by atoms with E-state index in [2.05, 4.69) is 0 Å². The maximum Gasteiger partial charge on any atom is 3.00 e. The van der Waals surface area contributed by atoms with Gasteiger partial charge in [-0.15, -0.1) is 0 Å². The van der Waals surface area contributed by atoms with Crippen LogP contribution in [0, 0.1) is 83.1 Å². The first kappa shape index (κ1) is 36.9. The van der Waals surface area contributed by atoms with Gasteiger partial charge in [-0.3, -0.25) is 0 Å². The molecule has 0 aliphatic heterocycles. The number of carbonyl (C=O) groups excluding carboxylic acids is 3. The van der Waals surface area contributed by atoms with Crippen molar-refractivity contribution in [1.82, 2.24) is 0 Å². The summed E-state index contributed by atoms with van der Waals surface area (Å²) in [6.07, 6.45) is 0. The van der Waals surface area contributed by atoms with E-state index in [4.69, 9.17) is 0 Å². The normalized spacial score (nSPS) is 9.90. The van der Waals surface area contributed by atoms with Crippen LogP contribution in [-0.4, -0.2) is 43.8 Å². The Labute approximate surface area is 257 Å². The molecule has 3 aromatic carbocycles. The second kappa shape index (κ2) is 15.1. The van der Waals surface area contributed by atoms with E-state index in [0.29, 0.717) is 16.7 Å². The van der Waals surface area contributed by atoms with E-state index in [0.717, 1.165) is 66.8 Å². The monoisotopic (exact) mass is 646 g/mol. The number of aromatic carboxylic acids is 3. The molecule has 7 heteroatoms. The first-order valence-electron chi connectivity index (χ1n) is 12.7. The molecular weight excluding hydrogens is 607 g/mol. The number of rotatable bonds is 3. The van der Waals surface area contributed by atoms with Crippen molar-refractivity contribution in [2.75, 3.05) is 0 Å². The minimum atomic E-state index is -1.09. The molecule has 0 aliphatic rings. The molecule has 0 aliphatic carbocycles. The van der Waals surface area contributed by atoms with Crippen LogP contribution in [0.25, 0.3) is 0 Å². The number of hydrogen-bond donors (Lipinski definition) is 0. The first-order chi connectivity index (χ1) is 17.8. The summed E-state index contributed by atoms with van der Waals surface area (Å²) in [5, 5.41) is 32.2. The fraction of sp³-hybridized carbons (Fsp3) is 0.364. The van der Waals surface area contributed by atoms with Gasteiger partial charge in [0.2, 0.25) is 0 Å². The summed E-state index contributed by atoms with van der Waals surface area (Å²) in [5.41, 5.74) is 12.9. The molecule has 0 fully saturated rings. The molecule has 0 bridgehead atoms. The Balaban J connectivity index is 0.000000563. The molecule has 6 nitrogen and oxygen atoms in total. The van der Waals surface area contributed by atoms with Crippen molar-refractivity contribution < 1.29 is 29.7 Å². The average molecular weight is 646 g/mol. The average Bonchev–Trinajstić information content (AvgIpc) is 2.86. The molecule has 0 unspecified atom stereocenters. The topological polar surface area (TPSA) is 120 Å². The van der Waals surface area contributed by atoms with Crippen molar-refractivity contribution in [2.24, 2.45) is 0 Å². The van der Waals surface area contributed by atoms with Crippen LogP contribution in [-0.2, 0) is 0 Å². The third-order valence-corrected chi connectivity index (χ3v) is 8.10. The number of carboxylic acids is 3. The maximum absolute atomic E-state index is 10.7. The molecule has 0 spiro atoms. The smallest absolute Gasteiger partial charge is 0.545 e. The van der Waals surface area contributed by atoms with Crippen LogP contribution < -0.4 is 15.3 Å². The van der Waals surface area contributed by atoms with Crippen LogP contribution in [0.5, 0.6) is 0 Å². The Morgan fingerprint density at radius 1 is 0.375 bits per heavy atom. The molecule has 3 rings (SSSR count). The molecule has 0 heterocycles. The van der Waals surface area contributed by atoms with Gasteiger partial charge >= 0.3 is 25.8 Å². The summed E-state index contributed by atoms with van der Waals surface area (Å²) in [7, 11) is 0. The summed E-state index contributed by atoms with van der Waals surface area (Å²) in [4.78, 5) is 32.2. The molecule has 210 valence electrons. The van der Waals surface area contributed by atoms with E-state index in [1.54, 1.807) is 18.2 Å². The zero-order valence-electron chi connectivity index (χ0n) is 25.8. The van der Waals surface area contributed by atoms with E-state index >= 15 is 0 Å². The van der Waals surface area contributed by atoms with Gasteiger partial charge in [-0.05, 0) is 168 Å². The van der Waals surface area contributed by atoms with Crippen molar-refractivity contribution in [1.29, 1.82) is 0 Å². The zero-order valence-corrected chi connectivity index (χ0v) is 29.1. The van der Waals surface area contributed by atoms with E-state index in [9.17, 15) is 29.7 Å². The van der Waals surface area contributed by atoms with Gasteiger partial charge < -0.3 is 29.7 Å². The van der Waals surface area contributed by atoms with Crippen LogP contribution in [0.3, 0.4) is 0 Å². The number of hydrogen-bond acceptors (Lipinski definition) is 6. The Kier molecular flexibility index (Phi) is 13.9. The van der Waals surface area contributed by atoms with Crippen LogP contribution in [0.15, 0.2) is 18.2 Å². The zero-order chi connectivity index (χ0) is 30.5. The SMILES string of the molecule is Cc1cc(C(=O)[O-])c(C)c(C)c1C.Cc1cc(C(=O)[O-])c(C)c(C)c1C.Cc1cc(C(=O)[O-])c(C)c(C)c1C.[In+3]. The van der Waals surface area contributed by atoms with E-state index in [-0.39, 0.29) is 25.8 Å². The summed E-state index contributed by atoms with van der Waals surface area (Å²) < 4.78 is 0. The Bertz CT molecular complexity index is 1280. The van der Waals surface area contributed by atoms with Crippen LogP contribution in [0.2, 0.25) is 0 Å². The summed E-state index contributed by atoms with van der Waals surface area (Å²) in [6, 6.07) is 5.02. The first-order valence-corrected chi connectivity index (χ1v) is 12.7. The van der Waals surface area contributed by atoms with Gasteiger partial charge in [0.1, 0.15) is 0 Å². The maximum atomic E-state index is 10.7. The van der Waals surface area contributed by atoms with Gasteiger partial charge in [0.15, 0.2) is 0 Å². The van der Waals surface area contributed by atoms with E-state index in [1.165, 1.54) is 0 Å². The van der Waals surface area contributed by atoms with Gasteiger partial charge in [-0.25, -0.2) is 0 Å². The standard InChI is InChI=1S/3C11H14O2.In/c3*1-6-5-10(11(12)13)9(4)8(3)7(6)2;/h3*5H,1-4H3,(H,12,13);/q;;;+3/p-3. The van der Waals surface area contributed by atoms with Gasteiger partial charge in [0.25, 0.3) is 0 Å². The molecule has 0 atom stereocenters. The van der Waals surface area contributed by atoms with Gasteiger partial charge in [-0.2, -0.15) is 0 Å². The van der Waals surface area contributed by atoms with Crippen LogP contribution >= 0.6 is 0 Å². The van der Waals surface area contributed by atoms with Gasteiger partial charge in [0.05, 0.1) is 17.9 Å². The number of carboxylic acid groups (broad SMARTS) is 3. The second-order valence-electron chi connectivity index (χ2n) is 10.2. The predicted molar refractivity (Wildman–Crippen MR) is 155 cm³/mol. The summed E-state index contributed by atoms with van der Waals surface area (Å²) >= 11 is 0. The van der Waals surface area contributed by atoms with Crippen LogP contribution in [0.1, 0.15) is 97.8 Å². The third kappa shape index (κ3) is 8.47. The quantitative estimate of drug-likeness (QED) is 0.430. The van der Waals surface area contributed by atoms with Crippen molar-refractivity contribution in [3.05, 3.63) is 102 Å². The summed E-state index contributed by atoms with van der Waals surface area (Å²) in [6.45, 7) is 23.0. The molecule has 3 aromatic rings. The molecule has 0 saturated carbocycles. The molecule has 0 N–H and O–H groups in total. The molecular formula is C33H39InO6. The Morgan fingerprint density at radius 3 is 0.700 bits per heavy atom. The Hall–Kier alpha value is -3.06. The minimum Gasteiger partial charge on any atom is -0.545 e. The molecule has 0 saturated heterocycles. The molecule has 40 heavy (non-hydrogen) atoms. The fourth-order valence-electron chi connectivity index (χ4n) is 4.27. The van der Waals surface area contributed by atoms with Crippen molar-refractivity contribution in [2.45, 2.75) is 83.1 Å². The van der Waals surface area contributed by atoms with Crippen LogP contribution in [0.4, 0.5) is 0 Å². The van der Waals surface area contributed by atoms with Gasteiger partial charge in [-0.1, -0.05) is 0 Å². The molecule has 0 amide bonds. The Morgan fingerprint density at radius 2 is 0.550 bits per heavy atom. The van der Waals surface area contributed by atoms with Crippen molar-refractivity contribution >= 4 is 43.8 Å².